The normalized spacial score (nSPS) is 12.5. The number of hydrogen-bond donors (Lipinski definition) is 2. The molecule has 10 heavy (non-hydrogen) atoms. The van der Waals surface area contributed by atoms with Crippen LogP contribution in [0.3, 0.4) is 0 Å². The quantitative estimate of drug-likeness (QED) is 0.580. The fraction of sp³-hybridized carbons (Fsp3) is 0. The van der Waals surface area contributed by atoms with Crippen LogP contribution >= 0.6 is 6.55 Å². The summed E-state index contributed by atoms with van der Waals surface area (Å²) in [6.45, 7) is -1.46. The molecule has 1 aromatic rings. The number of nitrogens with one attached hydrogen (secondary N) is 1. The van der Waals surface area contributed by atoms with Gasteiger partial charge >= 0.3 is 67.6 Å². The molecule has 2 N–H and O–H groups in total. The third-order valence-electron chi connectivity index (χ3n) is 1.03. The molecule has 0 aliphatic heterocycles. The standard InChI is InChI=1S/C6H8NOPSe/c8-9(10)7-6-4-2-1-3-5-6/h1-5,9H,(H2,7,8,10). The van der Waals surface area contributed by atoms with Gasteiger partial charge in [-0.05, 0) is 0 Å². The molecule has 0 aliphatic rings. The van der Waals surface area contributed by atoms with Crippen LogP contribution in [0.2, 0.25) is 0 Å². The van der Waals surface area contributed by atoms with E-state index in [0.29, 0.717) is 0 Å². The number of para-hydroxylation sites is 1. The SMILES string of the molecule is O[PH](=[Se])Nc1ccccc1. The van der Waals surface area contributed by atoms with Gasteiger partial charge in [0.05, 0.1) is 0 Å². The summed E-state index contributed by atoms with van der Waals surface area (Å²) in [4.78, 5) is 8.94. The molecule has 0 spiro atoms. The van der Waals surface area contributed by atoms with E-state index in [1.807, 2.05) is 30.3 Å². The monoisotopic (exact) mass is 221 g/mol. The Labute approximate surface area is 68.0 Å². The van der Waals surface area contributed by atoms with Gasteiger partial charge in [0.25, 0.3) is 0 Å². The van der Waals surface area contributed by atoms with Crippen molar-refractivity contribution in [3.63, 3.8) is 0 Å². The van der Waals surface area contributed by atoms with Crippen LogP contribution in [0.15, 0.2) is 30.3 Å². The molecule has 0 saturated heterocycles. The molecular weight excluding hydrogens is 212 g/mol. The average Bonchev–Trinajstić information content (AvgIpc) is 1.88. The Bertz CT molecular complexity index is 226. The van der Waals surface area contributed by atoms with Crippen LogP contribution in [0, 0.1) is 0 Å². The van der Waals surface area contributed by atoms with Crippen molar-refractivity contribution in [2.24, 2.45) is 0 Å². The fourth-order valence-corrected chi connectivity index (χ4v) is 1.80. The zero-order valence-corrected chi connectivity index (χ0v) is 7.96. The first kappa shape index (κ1) is 8.03. The van der Waals surface area contributed by atoms with E-state index in [9.17, 15) is 0 Å². The summed E-state index contributed by atoms with van der Waals surface area (Å²) in [5.74, 6) is 0. The number of hydrogen-bond acceptors (Lipinski definition) is 2. The molecule has 1 atom stereocenters. The van der Waals surface area contributed by atoms with Crippen molar-refractivity contribution < 1.29 is 4.89 Å². The predicted octanol–water partition coefficient (Wildman–Crippen LogP) is 1.22. The molecule has 1 unspecified atom stereocenters. The van der Waals surface area contributed by atoms with Crippen molar-refractivity contribution >= 4 is 27.3 Å². The van der Waals surface area contributed by atoms with E-state index < -0.39 is 6.55 Å². The number of benzene rings is 1. The van der Waals surface area contributed by atoms with Crippen LogP contribution < -0.4 is 5.09 Å². The summed E-state index contributed by atoms with van der Waals surface area (Å²) in [5.41, 5.74) is 0.956. The van der Waals surface area contributed by atoms with Gasteiger partial charge in [-0.2, -0.15) is 0 Å². The molecule has 0 bridgehead atoms. The molecule has 0 heterocycles. The van der Waals surface area contributed by atoms with Gasteiger partial charge in [0.2, 0.25) is 0 Å². The minimum atomic E-state index is -1.46. The van der Waals surface area contributed by atoms with E-state index in [1.165, 1.54) is 0 Å². The Morgan fingerprint density at radius 2 is 1.90 bits per heavy atom. The third-order valence-corrected chi connectivity index (χ3v) is 2.17. The summed E-state index contributed by atoms with van der Waals surface area (Å²) in [7, 11) is 0. The molecule has 1 aromatic carbocycles. The second-order valence-electron chi connectivity index (χ2n) is 1.80. The molecule has 0 aliphatic carbocycles. The first-order valence-corrected chi connectivity index (χ1v) is 6.76. The minimum absolute atomic E-state index is 0.956. The zero-order chi connectivity index (χ0) is 7.40. The first-order chi connectivity index (χ1) is 4.79. The topological polar surface area (TPSA) is 32.3 Å². The molecule has 0 saturated carbocycles. The summed E-state index contributed by atoms with van der Waals surface area (Å²) in [5, 5.41) is 2.91. The van der Waals surface area contributed by atoms with Crippen molar-refractivity contribution in [1.82, 2.24) is 0 Å². The van der Waals surface area contributed by atoms with E-state index in [-0.39, 0.29) is 0 Å². The molecule has 54 valence electrons. The summed E-state index contributed by atoms with van der Waals surface area (Å²) >= 11 is 2.63. The zero-order valence-electron chi connectivity index (χ0n) is 5.24. The van der Waals surface area contributed by atoms with E-state index >= 15 is 0 Å². The van der Waals surface area contributed by atoms with Crippen LogP contribution in [0.1, 0.15) is 0 Å². The Morgan fingerprint density at radius 3 is 2.40 bits per heavy atom. The Kier molecular flexibility index (Phi) is 3.17. The van der Waals surface area contributed by atoms with Crippen molar-refractivity contribution in [2.75, 3.05) is 5.09 Å². The predicted molar refractivity (Wildman–Crippen MR) is 46.4 cm³/mol. The fourth-order valence-electron chi connectivity index (χ4n) is 0.645. The van der Waals surface area contributed by atoms with Gasteiger partial charge in [-0.15, -0.1) is 0 Å². The van der Waals surface area contributed by atoms with Crippen molar-refractivity contribution in [3.8, 4) is 0 Å². The van der Waals surface area contributed by atoms with Gasteiger partial charge in [-0.1, -0.05) is 0 Å². The maximum atomic E-state index is 8.94. The van der Waals surface area contributed by atoms with Crippen LogP contribution in [-0.4, -0.2) is 20.0 Å². The Hall–Kier alpha value is -0.0705. The van der Waals surface area contributed by atoms with Gasteiger partial charge in [-0.3, -0.25) is 0 Å². The van der Waals surface area contributed by atoms with E-state index in [4.69, 9.17) is 4.89 Å². The van der Waals surface area contributed by atoms with Crippen LogP contribution in [0.4, 0.5) is 5.69 Å². The number of anilines is 1. The molecule has 0 amide bonds. The second-order valence-corrected chi connectivity index (χ2v) is 5.09. The van der Waals surface area contributed by atoms with Gasteiger partial charge in [0.15, 0.2) is 0 Å². The molecular formula is C6H8NOPSe. The molecule has 2 nitrogen and oxygen atoms in total. The molecule has 0 aromatic heterocycles. The van der Waals surface area contributed by atoms with Crippen LogP contribution in [0.25, 0.3) is 0 Å². The maximum absolute atomic E-state index is 8.94. The second kappa shape index (κ2) is 3.95. The van der Waals surface area contributed by atoms with Crippen molar-refractivity contribution in [2.45, 2.75) is 0 Å². The average molecular weight is 220 g/mol. The summed E-state index contributed by atoms with van der Waals surface area (Å²) in [6, 6.07) is 9.62. The van der Waals surface area contributed by atoms with Gasteiger partial charge in [0, 0.05) is 0 Å². The third kappa shape index (κ3) is 2.68. The Balaban J connectivity index is 2.67. The van der Waals surface area contributed by atoms with Gasteiger partial charge in [-0.25, -0.2) is 0 Å². The number of rotatable bonds is 2. The Morgan fingerprint density at radius 1 is 1.30 bits per heavy atom. The van der Waals surface area contributed by atoms with Gasteiger partial charge < -0.3 is 0 Å². The van der Waals surface area contributed by atoms with Crippen molar-refractivity contribution in [3.05, 3.63) is 30.3 Å². The summed E-state index contributed by atoms with van der Waals surface area (Å²) in [6.07, 6.45) is 0. The van der Waals surface area contributed by atoms with E-state index in [2.05, 4.69) is 20.2 Å². The van der Waals surface area contributed by atoms with Crippen LogP contribution in [0.5, 0.6) is 0 Å². The van der Waals surface area contributed by atoms with E-state index in [1.54, 1.807) is 0 Å². The molecule has 0 radical (unpaired) electrons. The van der Waals surface area contributed by atoms with Gasteiger partial charge in [0.1, 0.15) is 0 Å². The van der Waals surface area contributed by atoms with Crippen molar-refractivity contribution in [1.29, 1.82) is 0 Å². The first-order valence-electron chi connectivity index (χ1n) is 2.84. The molecule has 0 fully saturated rings. The summed E-state index contributed by atoms with van der Waals surface area (Å²) < 4.78 is 0. The van der Waals surface area contributed by atoms with Crippen LogP contribution in [-0.2, 0) is 0 Å². The van der Waals surface area contributed by atoms with E-state index in [0.717, 1.165) is 5.69 Å². The molecule has 1 rings (SSSR count). The molecule has 4 heteroatoms.